The minimum atomic E-state index is -0.252. The molecule has 3 rings (SSSR count). The first-order chi connectivity index (χ1) is 12.1. The van der Waals surface area contributed by atoms with Crippen molar-refractivity contribution in [1.82, 2.24) is 10.3 Å². The number of rotatable bonds is 3. The van der Waals surface area contributed by atoms with Crippen LogP contribution in [0.5, 0.6) is 11.5 Å². The van der Waals surface area contributed by atoms with Crippen LogP contribution in [0, 0.1) is 6.92 Å². The third-order valence-electron chi connectivity index (χ3n) is 3.25. The van der Waals surface area contributed by atoms with Crippen LogP contribution in [0.25, 0.3) is 0 Å². The van der Waals surface area contributed by atoms with E-state index in [0.29, 0.717) is 22.9 Å². The standard InChI is InChI=1S/C13H13N3O2.C7H8/c1-15-13(17)12-8-11(6-7-16-12)18-10-4-2-9(14)3-5-10;1-7-5-3-2-4-6-7/h2-8H,14H2,1H3,(H,15,17);2-6H,1H3. The van der Waals surface area contributed by atoms with Gasteiger partial charge in [0.2, 0.25) is 0 Å². The van der Waals surface area contributed by atoms with Crippen LogP contribution in [0.2, 0.25) is 0 Å². The quantitative estimate of drug-likeness (QED) is 0.714. The Morgan fingerprint density at radius 3 is 2.24 bits per heavy atom. The Morgan fingerprint density at radius 1 is 1.00 bits per heavy atom. The number of hydrogen-bond donors (Lipinski definition) is 2. The summed E-state index contributed by atoms with van der Waals surface area (Å²) in [6, 6.07) is 20.5. The number of amides is 1. The maximum absolute atomic E-state index is 11.4. The first-order valence-corrected chi connectivity index (χ1v) is 7.81. The minimum Gasteiger partial charge on any atom is -0.457 e. The zero-order chi connectivity index (χ0) is 18.1. The van der Waals surface area contributed by atoms with Crippen LogP contribution in [-0.2, 0) is 0 Å². The summed E-state index contributed by atoms with van der Waals surface area (Å²) in [7, 11) is 1.55. The van der Waals surface area contributed by atoms with Crippen molar-refractivity contribution in [3.63, 3.8) is 0 Å². The number of nitrogens with zero attached hydrogens (tertiary/aromatic N) is 1. The van der Waals surface area contributed by atoms with Crippen LogP contribution in [0.4, 0.5) is 5.69 Å². The zero-order valence-corrected chi connectivity index (χ0v) is 14.3. The lowest BCUT2D eigenvalue weighted by molar-refractivity contribution is 0.0958. The van der Waals surface area contributed by atoms with Gasteiger partial charge in [-0.1, -0.05) is 35.9 Å². The van der Waals surface area contributed by atoms with Gasteiger partial charge in [-0.25, -0.2) is 0 Å². The highest BCUT2D eigenvalue weighted by Gasteiger charge is 2.06. The van der Waals surface area contributed by atoms with E-state index in [1.807, 2.05) is 18.2 Å². The molecule has 0 aliphatic heterocycles. The molecule has 1 amide bonds. The van der Waals surface area contributed by atoms with E-state index in [1.165, 1.54) is 11.8 Å². The predicted octanol–water partition coefficient (Wildman–Crippen LogP) is 3.81. The molecule has 0 saturated carbocycles. The molecule has 1 heterocycles. The van der Waals surface area contributed by atoms with Crippen molar-refractivity contribution in [1.29, 1.82) is 0 Å². The number of aromatic nitrogens is 1. The van der Waals surface area contributed by atoms with Gasteiger partial charge in [-0.15, -0.1) is 0 Å². The summed E-state index contributed by atoms with van der Waals surface area (Å²) in [6.07, 6.45) is 1.53. The Morgan fingerprint density at radius 2 is 1.68 bits per heavy atom. The molecule has 5 heteroatoms. The van der Waals surface area contributed by atoms with Crippen molar-refractivity contribution in [2.45, 2.75) is 6.92 Å². The van der Waals surface area contributed by atoms with Crippen LogP contribution < -0.4 is 15.8 Å². The van der Waals surface area contributed by atoms with Gasteiger partial charge < -0.3 is 15.8 Å². The van der Waals surface area contributed by atoms with Gasteiger partial charge in [-0.05, 0) is 37.3 Å². The molecule has 1 aromatic heterocycles. The average Bonchev–Trinajstić information content (AvgIpc) is 2.64. The summed E-state index contributed by atoms with van der Waals surface area (Å²) in [6.45, 7) is 2.08. The number of nitrogens with one attached hydrogen (secondary N) is 1. The van der Waals surface area contributed by atoms with E-state index in [9.17, 15) is 4.79 Å². The summed E-state index contributed by atoms with van der Waals surface area (Å²) in [5.41, 5.74) is 7.89. The Kier molecular flexibility index (Phi) is 6.54. The van der Waals surface area contributed by atoms with Gasteiger partial charge in [0.25, 0.3) is 5.91 Å². The maximum Gasteiger partial charge on any atom is 0.269 e. The van der Waals surface area contributed by atoms with Gasteiger partial charge in [0, 0.05) is 25.0 Å². The fraction of sp³-hybridized carbons (Fsp3) is 0.100. The number of carbonyl (C=O) groups is 1. The second kappa shape index (κ2) is 9.08. The van der Waals surface area contributed by atoms with Gasteiger partial charge in [0.1, 0.15) is 17.2 Å². The molecule has 0 spiro atoms. The summed E-state index contributed by atoms with van der Waals surface area (Å²) < 4.78 is 5.59. The van der Waals surface area contributed by atoms with Gasteiger partial charge in [0.05, 0.1) is 0 Å². The number of aryl methyl sites for hydroxylation is 1. The Bertz CT molecular complexity index is 803. The molecule has 2 aromatic carbocycles. The molecule has 0 bridgehead atoms. The smallest absolute Gasteiger partial charge is 0.269 e. The number of carbonyl (C=O) groups excluding carboxylic acids is 1. The van der Waals surface area contributed by atoms with E-state index in [4.69, 9.17) is 10.5 Å². The van der Waals surface area contributed by atoms with Gasteiger partial charge >= 0.3 is 0 Å². The lowest BCUT2D eigenvalue weighted by Crippen LogP contribution is -2.18. The molecule has 0 fully saturated rings. The van der Waals surface area contributed by atoms with E-state index < -0.39 is 0 Å². The second-order valence-corrected chi connectivity index (χ2v) is 5.28. The Balaban J connectivity index is 0.000000269. The Labute approximate surface area is 147 Å². The lowest BCUT2D eigenvalue weighted by Gasteiger charge is -2.06. The normalized spacial score (nSPS) is 9.52. The summed E-state index contributed by atoms with van der Waals surface area (Å²) in [5, 5.41) is 2.51. The molecule has 0 aliphatic rings. The fourth-order valence-electron chi connectivity index (χ4n) is 1.93. The number of anilines is 1. The topological polar surface area (TPSA) is 77.2 Å². The number of pyridine rings is 1. The van der Waals surface area contributed by atoms with Crippen LogP contribution in [0.1, 0.15) is 16.1 Å². The highest BCUT2D eigenvalue weighted by molar-refractivity contribution is 5.92. The van der Waals surface area contributed by atoms with E-state index in [1.54, 1.807) is 43.4 Å². The number of hydrogen-bond acceptors (Lipinski definition) is 4. The van der Waals surface area contributed by atoms with Crippen LogP contribution >= 0.6 is 0 Å². The SMILES string of the molecule is CNC(=O)c1cc(Oc2ccc(N)cc2)ccn1.Cc1ccccc1. The van der Waals surface area contributed by atoms with Crippen molar-refractivity contribution < 1.29 is 9.53 Å². The van der Waals surface area contributed by atoms with Gasteiger partial charge in [-0.2, -0.15) is 0 Å². The molecule has 5 nitrogen and oxygen atoms in total. The number of ether oxygens (including phenoxy) is 1. The molecule has 0 atom stereocenters. The molecule has 3 aromatic rings. The third kappa shape index (κ3) is 5.99. The van der Waals surface area contributed by atoms with E-state index in [0.717, 1.165) is 0 Å². The maximum atomic E-state index is 11.4. The first-order valence-electron chi connectivity index (χ1n) is 7.81. The van der Waals surface area contributed by atoms with Crippen LogP contribution in [0.15, 0.2) is 72.9 Å². The first kappa shape index (κ1) is 18.0. The fourth-order valence-corrected chi connectivity index (χ4v) is 1.93. The van der Waals surface area contributed by atoms with Crippen molar-refractivity contribution in [2.75, 3.05) is 12.8 Å². The van der Waals surface area contributed by atoms with E-state index >= 15 is 0 Å². The number of nitrogens with two attached hydrogens (primary N) is 1. The molecule has 128 valence electrons. The van der Waals surface area contributed by atoms with Gasteiger partial charge in [-0.3, -0.25) is 9.78 Å². The van der Waals surface area contributed by atoms with E-state index in [2.05, 4.69) is 29.4 Å². The molecular weight excluding hydrogens is 314 g/mol. The lowest BCUT2D eigenvalue weighted by atomic mass is 10.2. The average molecular weight is 335 g/mol. The highest BCUT2D eigenvalue weighted by atomic mass is 16.5. The van der Waals surface area contributed by atoms with Crippen LogP contribution in [-0.4, -0.2) is 17.9 Å². The molecule has 25 heavy (non-hydrogen) atoms. The predicted molar refractivity (Wildman–Crippen MR) is 99.7 cm³/mol. The molecule has 0 aliphatic carbocycles. The minimum absolute atomic E-state index is 0.252. The summed E-state index contributed by atoms with van der Waals surface area (Å²) in [4.78, 5) is 15.4. The van der Waals surface area contributed by atoms with E-state index in [-0.39, 0.29) is 5.91 Å². The zero-order valence-electron chi connectivity index (χ0n) is 14.3. The molecule has 0 saturated heterocycles. The number of benzene rings is 2. The van der Waals surface area contributed by atoms with Gasteiger partial charge in [0.15, 0.2) is 0 Å². The molecule has 0 unspecified atom stereocenters. The monoisotopic (exact) mass is 335 g/mol. The largest absolute Gasteiger partial charge is 0.457 e. The molecule has 3 N–H and O–H groups in total. The van der Waals surface area contributed by atoms with Crippen molar-refractivity contribution in [3.05, 3.63) is 84.2 Å². The summed E-state index contributed by atoms with van der Waals surface area (Å²) in [5.74, 6) is 0.949. The van der Waals surface area contributed by atoms with Crippen LogP contribution in [0.3, 0.4) is 0 Å². The van der Waals surface area contributed by atoms with Crippen molar-refractivity contribution >= 4 is 11.6 Å². The molecular formula is C20H21N3O2. The number of nitrogen functional groups attached to an aromatic ring is 1. The van der Waals surface area contributed by atoms with Crippen molar-refractivity contribution in [2.24, 2.45) is 0 Å². The third-order valence-corrected chi connectivity index (χ3v) is 3.25. The second-order valence-electron chi connectivity index (χ2n) is 5.28. The highest BCUT2D eigenvalue weighted by Crippen LogP contribution is 2.22. The Hall–Kier alpha value is -3.34. The van der Waals surface area contributed by atoms with Crippen molar-refractivity contribution in [3.8, 4) is 11.5 Å². The summed E-state index contributed by atoms with van der Waals surface area (Å²) >= 11 is 0. The molecule has 0 radical (unpaired) electrons.